The van der Waals surface area contributed by atoms with Crippen molar-refractivity contribution >= 4 is 15.7 Å². The molecule has 0 aliphatic carbocycles. The minimum Gasteiger partial charge on any atom is -0.399 e. The number of nitrogens with two attached hydrogens (primary N) is 1. The van der Waals surface area contributed by atoms with E-state index in [1.807, 2.05) is 0 Å². The number of aryl methyl sites for hydroxylation is 2. The molecule has 106 valence electrons. The minimum atomic E-state index is -3.50. The highest BCUT2D eigenvalue weighted by atomic mass is 32.2. The van der Waals surface area contributed by atoms with E-state index in [2.05, 4.69) is 0 Å². The van der Waals surface area contributed by atoms with Crippen LogP contribution in [0.2, 0.25) is 0 Å². The molecule has 0 radical (unpaired) electrons. The lowest BCUT2D eigenvalue weighted by atomic mass is 10.1. The van der Waals surface area contributed by atoms with Crippen LogP contribution >= 0.6 is 0 Å². The minimum absolute atomic E-state index is 0.345. The fourth-order valence-electron chi connectivity index (χ4n) is 2.60. The highest BCUT2D eigenvalue weighted by molar-refractivity contribution is 7.89. The quantitative estimate of drug-likeness (QED) is 0.795. The van der Waals surface area contributed by atoms with Gasteiger partial charge in [0, 0.05) is 18.8 Å². The molecule has 1 saturated heterocycles. The summed E-state index contributed by atoms with van der Waals surface area (Å²) in [6, 6.07) is 3.36. The summed E-state index contributed by atoms with van der Waals surface area (Å²) in [5.74, 6) is 0. The van der Waals surface area contributed by atoms with Gasteiger partial charge in [0.25, 0.3) is 0 Å². The van der Waals surface area contributed by atoms with E-state index < -0.39 is 10.0 Å². The number of nitrogen functional groups attached to an aromatic ring is 1. The third-order valence-electron chi connectivity index (χ3n) is 3.50. The molecule has 0 bridgehead atoms. The predicted molar refractivity (Wildman–Crippen MR) is 74.3 cm³/mol. The summed E-state index contributed by atoms with van der Waals surface area (Å²) >= 11 is 0. The molecule has 0 aromatic heterocycles. The number of anilines is 1. The van der Waals surface area contributed by atoms with Crippen LogP contribution in [0.5, 0.6) is 0 Å². The number of aliphatic hydroxyl groups is 1. The molecule has 1 heterocycles. The van der Waals surface area contributed by atoms with Crippen molar-refractivity contribution in [2.75, 3.05) is 18.8 Å². The highest BCUT2D eigenvalue weighted by Gasteiger charge is 2.30. The molecule has 6 heteroatoms. The first-order chi connectivity index (χ1) is 8.82. The van der Waals surface area contributed by atoms with Crippen molar-refractivity contribution in [2.45, 2.75) is 37.7 Å². The first-order valence-corrected chi connectivity index (χ1v) is 7.81. The molecule has 0 saturated carbocycles. The topological polar surface area (TPSA) is 83.6 Å². The Bertz CT molecular complexity index is 553. The fraction of sp³-hybridized carbons (Fsp3) is 0.538. The Morgan fingerprint density at radius 2 is 1.68 bits per heavy atom. The number of hydrogen-bond acceptors (Lipinski definition) is 4. The van der Waals surface area contributed by atoms with Crippen molar-refractivity contribution in [3.8, 4) is 0 Å². The zero-order valence-corrected chi connectivity index (χ0v) is 12.1. The zero-order chi connectivity index (χ0) is 14.2. The average molecular weight is 284 g/mol. The Morgan fingerprint density at radius 3 is 2.16 bits per heavy atom. The van der Waals surface area contributed by atoms with Gasteiger partial charge in [-0.3, -0.25) is 0 Å². The van der Waals surface area contributed by atoms with Gasteiger partial charge in [-0.1, -0.05) is 0 Å². The van der Waals surface area contributed by atoms with Gasteiger partial charge in [0.2, 0.25) is 10.0 Å². The Balaban J connectivity index is 2.40. The highest BCUT2D eigenvalue weighted by Crippen LogP contribution is 2.28. The lowest BCUT2D eigenvalue weighted by molar-refractivity contribution is 0.113. The molecular formula is C13H20N2O3S. The Labute approximate surface area is 114 Å². The summed E-state index contributed by atoms with van der Waals surface area (Å²) < 4.78 is 26.8. The van der Waals surface area contributed by atoms with Crippen molar-refractivity contribution < 1.29 is 13.5 Å². The van der Waals surface area contributed by atoms with Crippen molar-refractivity contribution in [3.63, 3.8) is 0 Å². The van der Waals surface area contributed by atoms with Crippen molar-refractivity contribution in [3.05, 3.63) is 23.3 Å². The number of benzene rings is 1. The van der Waals surface area contributed by atoms with Crippen LogP contribution in [0.4, 0.5) is 5.69 Å². The second kappa shape index (κ2) is 5.11. The summed E-state index contributed by atoms with van der Waals surface area (Å²) in [7, 11) is -3.50. The molecule has 5 nitrogen and oxygen atoms in total. The number of aliphatic hydroxyl groups excluding tert-OH is 1. The van der Waals surface area contributed by atoms with E-state index in [0.717, 1.165) is 0 Å². The van der Waals surface area contributed by atoms with Crippen molar-refractivity contribution in [1.29, 1.82) is 0 Å². The van der Waals surface area contributed by atoms with Crippen molar-refractivity contribution in [1.82, 2.24) is 4.31 Å². The first-order valence-electron chi connectivity index (χ1n) is 6.37. The molecule has 1 aromatic carbocycles. The summed E-state index contributed by atoms with van der Waals surface area (Å²) in [6.45, 7) is 4.25. The summed E-state index contributed by atoms with van der Waals surface area (Å²) in [6.07, 6.45) is 0.596. The lowest BCUT2D eigenvalue weighted by Gasteiger charge is -2.29. The number of sulfonamides is 1. The molecule has 0 atom stereocenters. The first kappa shape index (κ1) is 14.3. The number of rotatable bonds is 2. The molecule has 19 heavy (non-hydrogen) atoms. The van der Waals surface area contributed by atoms with Gasteiger partial charge in [0.05, 0.1) is 11.0 Å². The van der Waals surface area contributed by atoms with Crippen LogP contribution in [0.25, 0.3) is 0 Å². The van der Waals surface area contributed by atoms with E-state index in [9.17, 15) is 13.5 Å². The molecule has 0 amide bonds. The Hall–Kier alpha value is -1.11. The summed E-state index contributed by atoms with van der Waals surface area (Å²) in [5, 5.41) is 9.47. The van der Waals surface area contributed by atoms with Crippen LogP contribution in [0.1, 0.15) is 24.0 Å². The summed E-state index contributed by atoms with van der Waals surface area (Å²) in [5.41, 5.74) is 7.64. The second-order valence-electron chi connectivity index (χ2n) is 5.12. The maximum absolute atomic E-state index is 12.7. The van der Waals surface area contributed by atoms with Gasteiger partial charge in [-0.05, 0) is 49.9 Å². The molecule has 1 aromatic rings. The van der Waals surface area contributed by atoms with Gasteiger partial charge in [0.15, 0.2) is 0 Å². The third kappa shape index (κ3) is 2.75. The van der Waals surface area contributed by atoms with Gasteiger partial charge in [-0.15, -0.1) is 0 Å². The van der Waals surface area contributed by atoms with Gasteiger partial charge >= 0.3 is 0 Å². The zero-order valence-electron chi connectivity index (χ0n) is 11.3. The van der Waals surface area contributed by atoms with Gasteiger partial charge in [-0.2, -0.15) is 4.31 Å². The van der Waals surface area contributed by atoms with Gasteiger partial charge in [0.1, 0.15) is 0 Å². The standard InChI is InChI=1S/C13H20N2O3S/c1-9-7-11(14)8-10(2)13(9)19(17,18)15-5-3-12(16)4-6-15/h7-8,12,16H,3-6,14H2,1-2H3. The van der Waals surface area contributed by atoms with E-state index in [4.69, 9.17) is 5.73 Å². The van der Waals surface area contributed by atoms with E-state index in [1.165, 1.54) is 4.31 Å². The molecule has 1 fully saturated rings. The van der Waals surface area contributed by atoms with E-state index >= 15 is 0 Å². The second-order valence-corrected chi connectivity index (χ2v) is 6.99. The normalized spacial score (nSPS) is 18.7. The molecule has 1 aliphatic rings. The molecule has 0 unspecified atom stereocenters. The maximum Gasteiger partial charge on any atom is 0.243 e. The van der Waals surface area contributed by atoms with E-state index in [0.29, 0.717) is 47.6 Å². The van der Waals surface area contributed by atoms with Crippen molar-refractivity contribution in [2.24, 2.45) is 0 Å². The van der Waals surface area contributed by atoms with Gasteiger partial charge < -0.3 is 10.8 Å². The smallest absolute Gasteiger partial charge is 0.243 e. The molecule has 1 aliphatic heterocycles. The summed E-state index contributed by atoms with van der Waals surface area (Å²) in [4.78, 5) is 0.345. The van der Waals surface area contributed by atoms with Gasteiger partial charge in [-0.25, -0.2) is 8.42 Å². The average Bonchev–Trinajstić information content (AvgIpc) is 2.27. The molecular weight excluding hydrogens is 264 g/mol. The third-order valence-corrected chi connectivity index (χ3v) is 5.71. The largest absolute Gasteiger partial charge is 0.399 e. The Kier molecular flexibility index (Phi) is 3.85. The maximum atomic E-state index is 12.7. The number of piperidine rings is 1. The lowest BCUT2D eigenvalue weighted by Crippen LogP contribution is -2.40. The molecule has 2 rings (SSSR count). The monoisotopic (exact) mass is 284 g/mol. The SMILES string of the molecule is Cc1cc(N)cc(C)c1S(=O)(=O)N1CCC(O)CC1. The number of nitrogens with zero attached hydrogens (tertiary/aromatic N) is 1. The molecule has 3 N–H and O–H groups in total. The van der Waals surface area contributed by atoms with Crippen LogP contribution in [-0.4, -0.2) is 37.0 Å². The molecule has 0 spiro atoms. The Morgan fingerprint density at radius 1 is 1.21 bits per heavy atom. The van der Waals surface area contributed by atoms with Crippen LogP contribution < -0.4 is 5.73 Å². The predicted octanol–water partition coefficient (Wildman–Crippen LogP) is 1.03. The van der Waals surface area contributed by atoms with Crippen LogP contribution in [0, 0.1) is 13.8 Å². The van der Waals surface area contributed by atoms with Crippen LogP contribution in [0.15, 0.2) is 17.0 Å². The van der Waals surface area contributed by atoms with Crippen LogP contribution in [0.3, 0.4) is 0 Å². The van der Waals surface area contributed by atoms with E-state index in [-0.39, 0.29) is 6.10 Å². The van der Waals surface area contributed by atoms with E-state index in [1.54, 1.807) is 26.0 Å². The number of hydrogen-bond donors (Lipinski definition) is 2. The van der Waals surface area contributed by atoms with Crippen LogP contribution in [-0.2, 0) is 10.0 Å². The fourth-order valence-corrected chi connectivity index (χ4v) is 4.48.